The lowest BCUT2D eigenvalue weighted by atomic mass is 9.86. The summed E-state index contributed by atoms with van der Waals surface area (Å²) in [5.74, 6) is -2.08. The number of hydrogen-bond acceptors (Lipinski definition) is 3. The van der Waals surface area contributed by atoms with E-state index in [9.17, 15) is 14.0 Å². The molecule has 7 heteroatoms. The Labute approximate surface area is 153 Å². The quantitative estimate of drug-likeness (QED) is 0.431. The van der Waals surface area contributed by atoms with E-state index in [0.29, 0.717) is 20.8 Å². The van der Waals surface area contributed by atoms with Gasteiger partial charge in [0.2, 0.25) is 11.8 Å². The number of halogens is 2. The number of ether oxygens (including phenoxy) is 1. The molecule has 2 aliphatic rings. The van der Waals surface area contributed by atoms with Crippen LogP contribution in [0.2, 0.25) is 5.02 Å². The second-order valence-electron chi connectivity index (χ2n) is 6.19. The molecular formula is C18H20ClFNO3P. The van der Waals surface area contributed by atoms with Crippen molar-refractivity contribution in [3.63, 3.8) is 0 Å². The molecule has 4 atom stereocenters. The van der Waals surface area contributed by atoms with Crippen LogP contribution in [-0.4, -0.2) is 24.3 Å². The van der Waals surface area contributed by atoms with Gasteiger partial charge in [0.05, 0.1) is 22.5 Å². The number of fused-ring (bicyclic) bond motifs is 1. The Morgan fingerprint density at radius 2 is 2.16 bits per heavy atom. The largest absolute Gasteiger partial charge is 0.485 e. The summed E-state index contributed by atoms with van der Waals surface area (Å²) in [6.45, 7) is 4.00. The van der Waals surface area contributed by atoms with Crippen molar-refractivity contribution in [2.45, 2.75) is 32.0 Å². The molecule has 2 amide bonds. The maximum Gasteiger partial charge on any atom is 0.241 e. The third-order valence-corrected chi connectivity index (χ3v) is 6.13. The van der Waals surface area contributed by atoms with E-state index in [-0.39, 0.29) is 28.4 Å². The fraction of sp³-hybridized carbons (Fsp3) is 0.444. The van der Waals surface area contributed by atoms with E-state index in [1.807, 2.05) is 19.7 Å². The second kappa shape index (κ2) is 7.43. The van der Waals surface area contributed by atoms with E-state index in [1.54, 1.807) is 6.08 Å². The normalized spacial score (nSPS) is 24.2. The molecule has 1 aliphatic carbocycles. The summed E-state index contributed by atoms with van der Waals surface area (Å²) in [6, 6.07) is 2.48. The summed E-state index contributed by atoms with van der Waals surface area (Å²) in [4.78, 5) is 26.3. The highest BCUT2D eigenvalue weighted by molar-refractivity contribution is 7.37. The highest BCUT2D eigenvalue weighted by Gasteiger charge is 2.48. The number of rotatable bonds is 5. The summed E-state index contributed by atoms with van der Waals surface area (Å²) in [5.41, 5.74) is -0.0773. The number of hydrogen-bond donors (Lipinski definition) is 0. The zero-order valence-electron chi connectivity index (χ0n) is 14.1. The molecule has 3 rings (SSSR count). The molecule has 0 bridgehead atoms. The van der Waals surface area contributed by atoms with Gasteiger partial charge in [-0.15, -0.1) is 0 Å². The van der Waals surface area contributed by atoms with Gasteiger partial charge in [-0.05, 0) is 32.0 Å². The average Bonchev–Trinajstić information content (AvgIpc) is 2.86. The zero-order valence-corrected chi connectivity index (χ0v) is 15.8. The van der Waals surface area contributed by atoms with Crippen LogP contribution in [0.5, 0.6) is 5.75 Å². The average molecular weight is 384 g/mol. The van der Waals surface area contributed by atoms with Crippen molar-refractivity contribution >= 4 is 37.7 Å². The van der Waals surface area contributed by atoms with E-state index in [4.69, 9.17) is 16.3 Å². The summed E-state index contributed by atoms with van der Waals surface area (Å²) in [6.07, 6.45) is 5.80. The van der Waals surface area contributed by atoms with Crippen LogP contribution in [0.15, 0.2) is 24.3 Å². The molecule has 1 aliphatic heterocycles. The van der Waals surface area contributed by atoms with Crippen molar-refractivity contribution in [1.82, 2.24) is 0 Å². The van der Waals surface area contributed by atoms with Crippen molar-refractivity contribution in [3.8, 4) is 5.75 Å². The molecule has 0 spiro atoms. The Morgan fingerprint density at radius 3 is 2.80 bits per heavy atom. The molecule has 0 aromatic heterocycles. The second-order valence-corrected chi connectivity index (χ2v) is 7.82. The highest BCUT2D eigenvalue weighted by Crippen LogP contribution is 2.41. The van der Waals surface area contributed by atoms with Crippen LogP contribution in [0, 0.1) is 17.7 Å². The van der Waals surface area contributed by atoms with Crippen molar-refractivity contribution < 1.29 is 18.7 Å². The van der Waals surface area contributed by atoms with Gasteiger partial charge < -0.3 is 4.74 Å². The molecule has 1 fully saturated rings. The first kappa shape index (κ1) is 18.3. The van der Waals surface area contributed by atoms with Crippen molar-refractivity contribution in [1.29, 1.82) is 0 Å². The van der Waals surface area contributed by atoms with Gasteiger partial charge in [-0.1, -0.05) is 39.3 Å². The molecule has 25 heavy (non-hydrogen) atoms. The molecule has 1 saturated heterocycles. The Balaban J connectivity index is 1.98. The number of carbonyl (C=O) groups excluding carboxylic acids is 2. The molecule has 1 aromatic rings. The Kier molecular flexibility index (Phi) is 5.45. The van der Waals surface area contributed by atoms with Crippen LogP contribution in [0.3, 0.4) is 0 Å². The Bertz CT molecular complexity index is 735. The van der Waals surface area contributed by atoms with E-state index in [2.05, 4.69) is 0 Å². The summed E-state index contributed by atoms with van der Waals surface area (Å²) < 4.78 is 20.3. The number of carbonyl (C=O) groups is 2. The fourth-order valence-corrected chi connectivity index (χ4v) is 4.15. The summed E-state index contributed by atoms with van der Waals surface area (Å²) in [5, 5.41) is 0.134. The van der Waals surface area contributed by atoms with Crippen molar-refractivity contribution in [3.05, 3.63) is 35.1 Å². The Hall–Kier alpha value is -1.45. The van der Waals surface area contributed by atoms with Gasteiger partial charge in [-0.3, -0.25) is 9.59 Å². The monoisotopic (exact) mass is 383 g/mol. The lowest BCUT2D eigenvalue weighted by Crippen LogP contribution is -2.31. The van der Waals surface area contributed by atoms with Crippen molar-refractivity contribution in [2.75, 3.05) is 11.6 Å². The minimum Gasteiger partial charge on any atom is -0.485 e. The predicted octanol–water partition coefficient (Wildman–Crippen LogP) is 4.36. The SMILES string of the molecule is CCC(Oc1cc(N2C(=O)C3C=CCCC3C2=O)c(F)cc1Cl)PC. The first-order chi connectivity index (χ1) is 12.0. The molecular weight excluding hydrogens is 364 g/mol. The smallest absolute Gasteiger partial charge is 0.241 e. The topological polar surface area (TPSA) is 46.6 Å². The third-order valence-electron chi connectivity index (χ3n) is 4.67. The van der Waals surface area contributed by atoms with Crippen LogP contribution >= 0.6 is 20.2 Å². The third kappa shape index (κ3) is 3.32. The van der Waals surface area contributed by atoms with Gasteiger partial charge in [0.15, 0.2) is 0 Å². The van der Waals surface area contributed by atoms with Gasteiger partial charge in [0, 0.05) is 6.07 Å². The number of allylic oxidation sites excluding steroid dienone is 1. The van der Waals surface area contributed by atoms with E-state index >= 15 is 0 Å². The first-order valence-corrected chi connectivity index (χ1v) is 10.3. The summed E-state index contributed by atoms with van der Waals surface area (Å²) >= 11 is 6.10. The fourth-order valence-electron chi connectivity index (χ4n) is 3.30. The van der Waals surface area contributed by atoms with Gasteiger partial charge in [0.1, 0.15) is 17.4 Å². The molecule has 4 nitrogen and oxygen atoms in total. The minimum atomic E-state index is -0.700. The van der Waals surface area contributed by atoms with E-state index < -0.39 is 17.7 Å². The Morgan fingerprint density at radius 1 is 1.40 bits per heavy atom. The lowest BCUT2D eigenvalue weighted by Gasteiger charge is -2.20. The molecule has 0 radical (unpaired) electrons. The van der Waals surface area contributed by atoms with Gasteiger partial charge in [0.25, 0.3) is 0 Å². The number of amides is 2. The molecule has 0 saturated carbocycles. The van der Waals surface area contributed by atoms with Gasteiger partial charge in [-0.2, -0.15) is 0 Å². The standard InChI is InChI=1S/C18H20ClFNO3P/c1-3-16(25-2)24-15-9-14(13(20)8-12(15)19)21-17(22)10-6-4-5-7-11(10)18(21)23/h4,6,8-11,16,25H,3,5,7H2,1-2H3. The molecule has 1 aromatic carbocycles. The van der Waals surface area contributed by atoms with Crippen molar-refractivity contribution in [2.24, 2.45) is 11.8 Å². The van der Waals surface area contributed by atoms with Crippen LogP contribution in [0.1, 0.15) is 26.2 Å². The maximum atomic E-state index is 14.5. The molecule has 134 valence electrons. The maximum absolute atomic E-state index is 14.5. The van der Waals surface area contributed by atoms with Gasteiger partial charge in [-0.25, -0.2) is 9.29 Å². The zero-order chi connectivity index (χ0) is 18.1. The lowest BCUT2D eigenvalue weighted by molar-refractivity contribution is -0.122. The predicted molar refractivity (Wildman–Crippen MR) is 98.2 cm³/mol. The minimum absolute atomic E-state index is 0.0358. The number of nitrogens with zero attached hydrogens (tertiary/aromatic N) is 1. The summed E-state index contributed by atoms with van der Waals surface area (Å²) in [7, 11) is 0.531. The first-order valence-electron chi connectivity index (χ1n) is 8.35. The van der Waals surface area contributed by atoms with Crippen LogP contribution in [0.4, 0.5) is 10.1 Å². The molecule has 1 heterocycles. The number of anilines is 1. The molecule has 0 N–H and O–H groups in total. The van der Waals surface area contributed by atoms with E-state index in [1.165, 1.54) is 6.07 Å². The van der Waals surface area contributed by atoms with Crippen LogP contribution in [0.25, 0.3) is 0 Å². The number of imide groups is 1. The van der Waals surface area contributed by atoms with Crippen LogP contribution in [-0.2, 0) is 9.59 Å². The molecule has 4 unspecified atom stereocenters. The van der Waals surface area contributed by atoms with Gasteiger partial charge >= 0.3 is 0 Å². The van der Waals surface area contributed by atoms with Crippen LogP contribution < -0.4 is 9.64 Å². The van der Waals surface area contributed by atoms with E-state index in [0.717, 1.165) is 23.8 Å². The highest BCUT2D eigenvalue weighted by atomic mass is 35.5. The number of benzene rings is 1.